The van der Waals surface area contributed by atoms with Crippen molar-refractivity contribution in [2.24, 2.45) is 0 Å². The third-order valence-electron chi connectivity index (χ3n) is 6.96. The number of hydroxylamine groups is 2. The molecular weight excluding hydrogens is 610 g/mol. The predicted molar refractivity (Wildman–Crippen MR) is 143 cm³/mol. The van der Waals surface area contributed by atoms with E-state index in [1.807, 2.05) is 0 Å². The van der Waals surface area contributed by atoms with Crippen LogP contribution in [-0.4, -0.2) is 58.5 Å². The summed E-state index contributed by atoms with van der Waals surface area (Å²) in [4.78, 5) is 45.8. The number of aromatic amines is 1. The highest BCUT2D eigenvalue weighted by atomic mass is 35.5. The first kappa shape index (κ1) is 29.5. The first-order valence-corrected chi connectivity index (χ1v) is 13.1. The molecule has 1 N–H and O–H groups in total. The number of hydrogen-bond acceptors (Lipinski definition) is 4. The van der Waals surface area contributed by atoms with E-state index in [9.17, 15) is 36.3 Å². The van der Waals surface area contributed by atoms with Gasteiger partial charge in [-0.3, -0.25) is 18.8 Å². The van der Waals surface area contributed by atoms with Gasteiger partial charge < -0.3 is 9.88 Å². The molecule has 1 aliphatic rings. The second-order valence-corrected chi connectivity index (χ2v) is 10.3. The largest absolute Gasteiger partial charge is 0.497 e. The van der Waals surface area contributed by atoms with Crippen LogP contribution < -0.4 is 10.2 Å². The highest BCUT2D eigenvalue weighted by Crippen LogP contribution is 2.32. The lowest BCUT2D eigenvalue weighted by Gasteiger charge is -2.40. The fraction of sp³-hybridized carbons (Fsp3) is 0.222. The number of hydrogen-bond donors (Lipinski definition) is 1. The van der Waals surface area contributed by atoms with E-state index in [1.165, 1.54) is 51.9 Å². The number of carbonyl (C=O) groups is 2. The van der Waals surface area contributed by atoms with Crippen LogP contribution in [0, 0.1) is 11.6 Å². The van der Waals surface area contributed by atoms with Gasteiger partial charge in [0.1, 0.15) is 29.6 Å². The van der Waals surface area contributed by atoms with E-state index in [0.29, 0.717) is 11.3 Å². The van der Waals surface area contributed by atoms with E-state index in [0.717, 1.165) is 12.1 Å². The van der Waals surface area contributed by atoms with E-state index in [-0.39, 0.29) is 46.5 Å². The van der Waals surface area contributed by atoms with Gasteiger partial charge in [0, 0.05) is 24.4 Å². The van der Waals surface area contributed by atoms with Gasteiger partial charge in [-0.15, -0.1) is 0 Å². The van der Waals surface area contributed by atoms with Gasteiger partial charge in [0.05, 0.1) is 23.7 Å². The third kappa shape index (κ3) is 5.46. The Morgan fingerprint density at radius 1 is 1.00 bits per heavy atom. The zero-order valence-electron chi connectivity index (χ0n) is 21.4. The summed E-state index contributed by atoms with van der Waals surface area (Å²) in [6, 6.07) is 10.1. The molecule has 0 saturated carbocycles. The predicted octanol–water partition coefficient (Wildman–Crippen LogP) is 5.29. The molecule has 15 heteroatoms. The number of amides is 1. The van der Waals surface area contributed by atoms with Gasteiger partial charge in [0.15, 0.2) is 5.82 Å². The zero-order valence-corrected chi connectivity index (χ0v) is 22.9. The smallest absolute Gasteiger partial charge is 0.327 e. The summed E-state index contributed by atoms with van der Waals surface area (Å²) in [6.07, 6.45) is -3.81. The number of nitrogens with one attached hydrogen (secondary N) is 1. The molecule has 220 valence electrons. The lowest BCUT2D eigenvalue weighted by molar-refractivity contribution is -0.238. The van der Waals surface area contributed by atoms with E-state index in [4.69, 9.17) is 28.0 Å². The Morgan fingerprint density at radius 2 is 1.69 bits per heavy atom. The minimum atomic E-state index is -5.33. The lowest BCUT2D eigenvalue weighted by Crippen LogP contribution is -2.63. The highest BCUT2D eigenvalue weighted by Gasteiger charge is 2.51. The van der Waals surface area contributed by atoms with Crippen molar-refractivity contribution in [3.8, 4) is 0 Å². The van der Waals surface area contributed by atoms with Gasteiger partial charge in [0.2, 0.25) is 5.69 Å². The van der Waals surface area contributed by atoms with Crippen molar-refractivity contribution in [3.63, 3.8) is 0 Å². The zero-order chi connectivity index (χ0) is 30.4. The number of halogens is 7. The Kier molecular flexibility index (Phi) is 7.77. The molecule has 2 aromatic heterocycles. The minimum absolute atomic E-state index is 0.0992. The van der Waals surface area contributed by atoms with E-state index in [2.05, 4.69) is 4.98 Å². The summed E-state index contributed by atoms with van der Waals surface area (Å²) in [5, 5.41) is 0.252. The summed E-state index contributed by atoms with van der Waals surface area (Å²) in [6.45, 7) is -1.39. The van der Waals surface area contributed by atoms with Gasteiger partial charge in [-0.05, 0) is 29.8 Å². The number of rotatable bonds is 5. The molecule has 0 aliphatic carbocycles. The molecular formula is C27H20Cl2F5N4O4+. The molecule has 5 rings (SSSR count). The van der Waals surface area contributed by atoms with Crippen molar-refractivity contribution in [1.82, 2.24) is 18.9 Å². The van der Waals surface area contributed by atoms with Crippen molar-refractivity contribution in [2.45, 2.75) is 12.6 Å². The third-order valence-corrected chi connectivity index (χ3v) is 7.72. The Balaban J connectivity index is 1.40. The Labute approximate surface area is 244 Å². The molecule has 0 spiro atoms. The number of H-pyrrole nitrogens is 1. The fourth-order valence-corrected chi connectivity index (χ4v) is 5.36. The van der Waals surface area contributed by atoms with Crippen molar-refractivity contribution < 1.29 is 36.4 Å². The Bertz CT molecular complexity index is 1760. The van der Waals surface area contributed by atoms with Crippen LogP contribution >= 0.6 is 23.2 Å². The standard InChI is InChI=1S/C27H19Cl2F5N4O4/c28-18-13-21-24(39)35-14-16(37(21)23(18)29)11-15-5-6-19(30)17(12-15)25(40)36-7-9-38(10-8-36,42-26(41)27(32,33)34)22-4-2-1-3-20(22)31/h1-6,12-14H,7-11H2/p+1. The second kappa shape index (κ2) is 11.0. The summed E-state index contributed by atoms with van der Waals surface area (Å²) in [7, 11) is 0. The molecule has 1 fully saturated rings. The average Bonchev–Trinajstić information content (AvgIpc) is 3.25. The van der Waals surface area contributed by atoms with Crippen LogP contribution in [0.2, 0.25) is 10.2 Å². The molecule has 0 atom stereocenters. The molecule has 0 bridgehead atoms. The van der Waals surface area contributed by atoms with Crippen LogP contribution in [0.3, 0.4) is 0 Å². The van der Waals surface area contributed by atoms with E-state index >= 15 is 0 Å². The van der Waals surface area contributed by atoms with Crippen molar-refractivity contribution >= 4 is 46.3 Å². The van der Waals surface area contributed by atoms with Crippen molar-refractivity contribution in [3.05, 3.63) is 104 Å². The van der Waals surface area contributed by atoms with Crippen LogP contribution in [-0.2, 0) is 16.1 Å². The molecule has 3 heterocycles. The van der Waals surface area contributed by atoms with Crippen LogP contribution in [0.25, 0.3) is 5.52 Å². The quantitative estimate of drug-likeness (QED) is 0.240. The van der Waals surface area contributed by atoms with Crippen LogP contribution in [0.4, 0.5) is 27.6 Å². The summed E-state index contributed by atoms with van der Waals surface area (Å²) in [5.74, 6) is -5.02. The number of quaternary nitrogens is 1. The molecule has 1 amide bonds. The maximum Gasteiger partial charge on any atom is 0.497 e. The summed E-state index contributed by atoms with van der Waals surface area (Å²) in [5.41, 5.74) is 0.0918. The molecule has 1 saturated heterocycles. The minimum Gasteiger partial charge on any atom is -0.327 e. The number of fused-ring (bicyclic) bond motifs is 1. The first-order chi connectivity index (χ1) is 19.8. The van der Waals surface area contributed by atoms with Gasteiger partial charge in [-0.25, -0.2) is 13.6 Å². The lowest BCUT2D eigenvalue weighted by atomic mass is 10.0. The summed E-state index contributed by atoms with van der Waals surface area (Å²) >= 11 is 12.3. The van der Waals surface area contributed by atoms with Crippen molar-refractivity contribution in [1.29, 1.82) is 0 Å². The van der Waals surface area contributed by atoms with Gasteiger partial charge in [-0.2, -0.15) is 13.2 Å². The number of carbonyl (C=O) groups excluding carboxylic acids is 2. The number of alkyl halides is 3. The monoisotopic (exact) mass is 629 g/mol. The van der Waals surface area contributed by atoms with Crippen molar-refractivity contribution in [2.75, 3.05) is 26.2 Å². The number of para-hydroxylation sites is 1. The van der Waals surface area contributed by atoms with Crippen LogP contribution in [0.15, 0.2) is 59.5 Å². The average molecular weight is 630 g/mol. The van der Waals surface area contributed by atoms with Gasteiger partial charge in [0.25, 0.3) is 11.5 Å². The van der Waals surface area contributed by atoms with Gasteiger partial charge in [-0.1, -0.05) is 46.0 Å². The van der Waals surface area contributed by atoms with E-state index in [1.54, 1.807) is 0 Å². The number of nitrogens with zero attached hydrogens (tertiary/aromatic N) is 3. The maximum absolute atomic E-state index is 14.9. The van der Waals surface area contributed by atoms with E-state index < -0.39 is 53.0 Å². The topological polar surface area (TPSA) is 83.9 Å². The highest BCUT2D eigenvalue weighted by molar-refractivity contribution is 6.42. The van der Waals surface area contributed by atoms with Gasteiger partial charge >= 0.3 is 12.1 Å². The molecule has 0 radical (unpaired) electrons. The van der Waals surface area contributed by atoms with Crippen LogP contribution in [0.5, 0.6) is 0 Å². The molecule has 0 unspecified atom stereocenters. The normalized spacial score (nSPS) is 15.2. The first-order valence-electron chi connectivity index (χ1n) is 12.4. The fourth-order valence-electron chi connectivity index (χ4n) is 4.91. The Hall–Kier alpha value is -3.94. The molecule has 1 aliphatic heterocycles. The maximum atomic E-state index is 14.9. The number of aromatic nitrogens is 2. The number of benzene rings is 2. The van der Waals surface area contributed by atoms with Crippen LogP contribution in [0.1, 0.15) is 21.6 Å². The number of piperazine rings is 1. The summed E-state index contributed by atoms with van der Waals surface area (Å²) < 4.78 is 69.0. The molecule has 4 aromatic rings. The molecule has 2 aromatic carbocycles. The Morgan fingerprint density at radius 3 is 2.36 bits per heavy atom. The molecule has 42 heavy (non-hydrogen) atoms. The molecule has 8 nitrogen and oxygen atoms in total. The SMILES string of the molecule is O=C(c1cc(Cc2c[nH]c(=O)c3cc(Cl)c(Cl)n23)ccc1F)N1CC[N+](OC(=O)C(F)(F)F)(c2ccccc2F)CC1. The second-order valence-electron chi connectivity index (χ2n) is 9.56.